The summed E-state index contributed by atoms with van der Waals surface area (Å²) in [5.41, 5.74) is 4.27. The Bertz CT molecular complexity index is 383. The van der Waals surface area contributed by atoms with Crippen LogP contribution in [0, 0.1) is 5.92 Å². The van der Waals surface area contributed by atoms with E-state index in [2.05, 4.69) is 65.5 Å². The van der Waals surface area contributed by atoms with Crippen LogP contribution in [0.25, 0.3) is 5.57 Å². The molecule has 0 spiro atoms. The molecule has 19 heavy (non-hydrogen) atoms. The molecule has 0 fully saturated rings. The Kier molecular flexibility index (Phi) is 5.85. The van der Waals surface area contributed by atoms with Crippen LogP contribution < -0.4 is 0 Å². The van der Waals surface area contributed by atoms with Gasteiger partial charge >= 0.3 is 0 Å². The molecule has 0 aliphatic carbocycles. The molecule has 0 radical (unpaired) electrons. The quantitative estimate of drug-likeness (QED) is 0.568. The van der Waals surface area contributed by atoms with E-state index in [1.165, 1.54) is 42.4 Å². The first-order valence-corrected chi connectivity index (χ1v) is 7.69. The molecular weight excluding hydrogens is 228 g/mol. The highest BCUT2D eigenvalue weighted by Crippen LogP contribution is 2.31. The van der Waals surface area contributed by atoms with Crippen molar-refractivity contribution in [2.45, 2.75) is 65.7 Å². The van der Waals surface area contributed by atoms with Crippen molar-refractivity contribution in [2.75, 3.05) is 0 Å². The minimum Gasteiger partial charge on any atom is -0.0950 e. The maximum atomic E-state index is 4.35. The molecule has 0 nitrogen and oxygen atoms in total. The van der Waals surface area contributed by atoms with E-state index in [1.807, 2.05) is 0 Å². The zero-order chi connectivity index (χ0) is 14.5. The van der Waals surface area contributed by atoms with Crippen LogP contribution in [0.15, 0.2) is 30.8 Å². The standard InChI is InChI=1S/C19H30/c1-7-9-16(10-8-2)15(3)17-11-13-18(14-12-17)19(4,5)6/h11-14,16H,3,7-10H2,1-2,4-6H3. The highest BCUT2D eigenvalue weighted by atomic mass is 14.2. The van der Waals surface area contributed by atoms with Crippen LogP contribution in [0.1, 0.15) is 71.4 Å². The van der Waals surface area contributed by atoms with E-state index in [0.717, 1.165) is 0 Å². The molecule has 0 aliphatic rings. The average molecular weight is 258 g/mol. The van der Waals surface area contributed by atoms with Gasteiger partial charge in [0.1, 0.15) is 0 Å². The number of rotatable bonds is 6. The van der Waals surface area contributed by atoms with Gasteiger partial charge in [-0.15, -0.1) is 0 Å². The van der Waals surface area contributed by atoms with Crippen molar-refractivity contribution in [3.8, 4) is 0 Å². The maximum absolute atomic E-state index is 4.35. The number of benzene rings is 1. The average Bonchev–Trinajstić information content (AvgIpc) is 2.37. The van der Waals surface area contributed by atoms with Crippen LogP contribution >= 0.6 is 0 Å². The van der Waals surface area contributed by atoms with Crippen molar-refractivity contribution in [1.29, 1.82) is 0 Å². The second-order valence-electron chi connectivity index (χ2n) is 6.63. The first kappa shape index (κ1) is 16.0. The molecule has 106 valence electrons. The lowest BCUT2D eigenvalue weighted by atomic mass is 9.83. The summed E-state index contributed by atoms with van der Waals surface area (Å²) in [4.78, 5) is 0. The Morgan fingerprint density at radius 3 is 1.84 bits per heavy atom. The van der Waals surface area contributed by atoms with E-state index >= 15 is 0 Å². The predicted octanol–water partition coefficient (Wildman–Crippen LogP) is 6.21. The molecule has 0 aromatic heterocycles. The van der Waals surface area contributed by atoms with Gasteiger partial charge in [-0.2, -0.15) is 0 Å². The normalized spacial score (nSPS) is 11.9. The second kappa shape index (κ2) is 6.93. The van der Waals surface area contributed by atoms with Crippen molar-refractivity contribution >= 4 is 5.57 Å². The minimum atomic E-state index is 0.228. The first-order chi connectivity index (χ1) is 8.90. The van der Waals surface area contributed by atoms with Crippen LogP contribution in [0.5, 0.6) is 0 Å². The fourth-order valence-corrected chi connectivity index (χ4v) is 2.61. The summed E-state index contributed by atoms with van der Waals surface area (Å²) in [7, 11) is 0. The zero-order valence-corrected chi connectivity index (χ0v) is 13.4. The first-order valence-electron chi connectivity index (χ1n) is 7.69. The van der Waals surface area contributed by atoms with Gasteiger partial charge in [-0.1, -0.05) is 78.3 Å². The number of allylic oxidation sites excluding steroid dienone is 1. The molecule has 1 aromatic rings. The third-order valence-electron chi connectivity index (χ3n) is 3.89. The van der Waals surface area contributed by atoms with Crippen LogP contribution in [0.2, 0.25) is 0 Å². The van der Waals surface area contributed by atoms with Gasteiger partial charge in [-0.25, -0.2) is 0 Å². The van der Waals surface area contributed by atoms with Gasteiger partial charge in [-0.3, -0.25) is 0 Å². The smallest absolute Gasteiger partial charge is 0.0132 e. The molecule has 0 bridgehead atoms. The largest absolute Gasteiger partial charge is 0.0950 e. The van der Waals surface area contributed by atoms with E-state index < -0.39 is 0 Å². The van der Waals surface area contributed by atoms with E-state index in [1.54, 1.807) is 0 Å². The molecule has 0 saturated heterocycles. The second-order valence-corrected chi connectivity index (χ2v) is 6.63. The van der Waals surface area contributed by atoms with Crippen LogP contribution in [0.4, 0.5) is 0 Å². The van der Waals surface area contributed by atoms with Gasteiger partial charge in [-0.05, 0) is 40.9 Å². The van der Waals surface area contributed by atoms with Crippen LogP contribution in [0.3, 0.4) is 0 Å². The summed E-state index contributed by atoms with van der Waals surface area (Å²) >= 11 is 0. The summed E-state index contributed by atoms with van der Waals surface area (Å²) in [6, 6.07) is 9.02. The minimum absolute atomic E-state index is 0.228. The zero-order valence-electron chi connectivity index (χ0n) is 13.4. The Balaban J connectivity index is 2.87. The lowest BCUT2D eigenvalue weighted by Gasteiger charge is -2.22. The summed E-state index contributed by atoms with van der Waals surface area (Å²) in [5, 5.41) is 0. The highest BCUT2D eigenvalue weighted by Gasteiger charge is 2.15. The topological polar surface area (TPSA) is 0 Å². The summed E-state index contributed by atoms with van der Waals surface area (Å²) in [5.74, 6) is 0.649. The van der Waals surface area contributed by atoms with Crippen molar-refractivity contribution in [3.63, 3.8) is 0 Å². The van der Waals surface area contributed by atoms with E-state index in [4.69, 9.17) is 0 Å². The van der Waals surface area contributed by atoms with Crippen molar-refractivity contribution < 1.29 is 0 Å². The van der Waals surface area contributed by atoms with Gasteiger partial charge in [0, 0.05) is 0 Å². The van der Waals surface area contributed by atoms with Gasteiger partial charge in [0.2, 0.25) is 0 Å². The summed E-state index contributed by atoms with van der Waals surface area (Å²) in [6.45, 7) is 15.7. The number of hydrogen-bond donors (Lipinski definition) is 0. The summed E-state index contributed by atoms with van der Waals surface area (Å²) < 4.78 is 0. The fourth-order valence-electron chi connectivity index (χ4n) is 2.61. The predicted molar refractivity (Wildman–Crippen MR) is 87.5 cm³/mol. The van der Waals surface area contributed by atoms with Crippen LogP contribution in [-0.4, -0.2) is 0 Å². The van der Waals surface area contributed by atoms with E-state index in [-0.39, 0.29) is 5.41 Å². The molecule has 1 aromatic carbocycles. The lowest BCUT2D eigenvalue weighted by Crippen LogP contribution is -2.11. The van der Waals surface area contributed by atoms with Crippen molar-refractivity contribution in [1.82, 2.24) is 0 Å². The molecule has 0 amide bonds. The molecule has 0 unspecified atom stereocenters. The molecule has 1 rings (SSSR count). The number of hydrogen-bond acceptors (Lipinski definition) is 0. The Hall–Kier alpha value is -1.04. The third kappa shape index (κ3) is 4.53. The lowest BCUT2D eigenvalue weighted by molar-refractivity contribution is 0.544. The van der Waals surface area contributed by atoms with Gasteiger partial charge in [0.05, 0.1) is 0 Å². The molecule has 0 atom stereocenters. The van der Waals surface area contributed by atoms with Gasteiger partial charge in [0.15, 0.2) is 0 Å². The Morgan fingerprint density at radius 2 is 1.47 bits per heavy atom. The Labute approximate surface area is 119 Å². The molecular formula is C19H30. The van der Waals surface area contributed by atoms with E-state index in [9.17, 15) is 0 Å². The SMILES string of the molecule is C=C(c1ccc(C(C)(C)C)cc1)C(CCC)CCC. The molecule has 0 N–H and O–H groups in total. The van der Waals surface area contributed by atoms with Crippen molar-refractivity contribution in [2.24, 2.45) is 5.92 Å². The van der Waals surface area contributed by atoms with Crippen LogP contribution in [-0.2, 0) is 5.41 Å². The van der Waals surface area contributed by atoms with E-state index in [0.29, 0.717) is 5.92 Å². The van der Waals surface area contributed by atoms with Gasteiger partial charge < -0.3 is 0 Å². The third-order valence-corrected chi connectivity index (χ3v) is 3.89. The highest BCUT2D eigenvalue weighted by molar-refractivity contribution is 5.65. The van der Waals surface area contributed by atoms with Gasteiger partial charge in [0.25, 0.3) is 0 Å². The molecule has 0 heterocycles. The fraction of sp³-hybridized carbons (Fsp3) is 0.579. The van der Waals surface area contributed by atoms with Crippen molar-refractivity contribution in [3.05, 3.63) is 42.0 Å². The summed E-state index contributed by atoms with van der Waals surface area (Å²) in [6.07, 6.45) is 4.99. The maximum Gasteiger partial charge on any atom is -0.0132 e. The molecule has 0 aliphatic heterocycles. The Morgan fingerprint density at radius 1 is 1.00 bits per heavy atom. The molecule has 0 heteroatoms. The monoisotopic (exact) mass is 258 g/mol. The molecule has 0 saturated carbocycles.